The summed E-state index contributed by atoms with van der Waals surface area (Å²) >= 11 is 0. The Balaban J connectivity index is 0.00000112. The van der Waals surface area contributed by atoms with Crippen LogP contribution in [0.4, 0.5) is 0 Å². The molecule has 0 bridgehead atoms. The summed E-state index contributed by atoms with van der Waals surface area (Å²) in [5.74, 6) is 0.886. The molecule has 4 unspecified atom stereocenters. The van der Waals surface area contributed by atoms with E-state index in [9.17, 15) is 0 Å². The van der Waals surface area contributed by atoms with E-state index in [1.807, 2.05) is 27.7 Å². The van der Waals surface area contributed by atoms with Crippen LogP contribution in [0.5, 0.6) is 0 Å². The van der Waals surface area contributed by atoms with Crippen molar-refractivity contribution in [3.05, 3.63) is 0 Å². The van der Waals surface area contributed by atoms with E-state index in [-0.39, 0.29) is 7.92 Å². The highest BCUT2D eigenvalue weighted by Gasteiger charge is 2.51. The lowest BCUT2D eigenvalue weighted by Gasteiger charge is -2.54. The minimum absolute atomic E-state index is 0.204. The fourth-order valence-corrected chi connectivity index (χ4v) is 8.79. The van der Waals surface area contributed by atoms with Crippen LogP contribution in [0.3, 0.4) is 0 Å². The average molecular weight is 343 g/mol. The van der Waals surface area contributed by atoms with Gasteiger partial charge >= 0.3 is 0 Å². The van der Waals surface area contributed by atoms with Gasteiger partial charge in [-0.3, -0.25) is 0 Å². The van der Waals surface area contributed by atoms with E-state index < -0.39 is 0 Å². The monoisotopic (exact) mass is 342 g/mol. The Morgan fingerprint density at radius 2 is 1.39 bits per heavy atom. The van der Waals surface area contributed by atoms with Crippen molar-refractivity contribution in [1.29, 1.82) is 0 Å². The molecule has 0 radical (unpaired) electrons. The Morgan fingerprint density at radius 1 is 0.870 bits per heavy atom. The van der Waals surface area contributed by atoms with E-state index in [1.165, 1.54) is 38.3 Å². The van der Waals surface area contributed by atoms with Gasteiger partial charge in [0, 0.05) is 0 Å². The zero-order valence-corrected chi connectivity index (χ0v) is 19.2. The lowest BCUT2D eigenvalue weighted by molar-refractivity contribution is 0.154. The van der Waals surface area contributed by atoms with Crippen LogP contribution in [0.25, 0.3) is 0 Å². The third-order valence-electron chi connectivity index (χ3n) is 6.78. The van der Waals surface area contributed by atoms with Gasteiger partial charge in [0.1, 0.15) is 0 Å². The maximum Gasteiger partial charge on any atom is -0.0148 e. The van der Waals surface area contributed by atoms with Crippen molar-refractivity contribution in [3.8, 4) is 0 Å². The first-order valence-electron chi connectivity index (χ1n) is 10.4. The van der Waals surface area contributed by atoms with Gasteiger partial charge in [-0.2, -0.15) is 0 Å². The van der Waals surface area contributed by atoms with Crippen LogP contribution in [-0.2, 0) is 0 Å². The summed E-state index contributed by atoms with van der Waals surface area (Å²) in [7, 11) is 0.204. The van der Waals surface area contributed by atoms with Crippen molar-refractivity contribution < 1.29 is 0 Å². The molecule has 0 aromatic rings. The molecule has 140 valence electrons. The number of hydrogen-bond donors (Lipinski definition) is 0. The Labute approximate surface area is 150 Å². The average Bonchev–Trinajstić information content (AvgIpc) is 2.60. The molecule has 0 spiro atoms. The summed E-state index contributed by atoms with van der Waals surface area (Å²) in [5.41, 5.74) is 2.23. The molecule has 2 rings (SSSR count). The number of rotatable bonds is 1. The molecule has 0 nitrogen and oxygen atoms in total. The highest BCUT2D eigenvalue weighted by Crippen LogP contribution is 2.69. The zero-order chi connectivity index (χ0) is 18.5. The topological polar surface area (TPSA) is 0 Å². The molecule has 1 heteroatoms. The summed E-state index contributed by atoms with van der Waals surface area (Å²) in [4.78, 5) is 0. The lowest BCUT2D eigenvalue weighted by atomic mass is 9.70. The molecule has 2 fully saturated rings. The first-order valence-corrected chi connectivity index (χ1v) is 12.0. The summed E-state index contributed by atoms with van der Waals surface area (Å²) in [6.45, 7) is 25.7. The molecule has 1 saturated heterocycles. The minimum atomic E-state index is 0.204. The maximum absolute atomic E-state index is 2.63. The molecule has 0 amide bonds. The van der Waals surface area contributed by atoms with Gasteiger partial charge in [-0.05, 0) is 65.8 Å². The van der Waals surface area contributed by atoms with Gasteiger partial charge in [0.2, 0.25) is 0 Å². The van der Waals surface area contributed by atoms with Crippen molar-refractivity contribution in [2.24, 2.45) is 16.7 Å². The second-order valence-corrected chi connectivity index (χ2v) is 12.3. The van der Waals surface area contributed by atoms with Crippen LogP contribution in [0.1, 0.15) is 108 Å². The van der Waals surface area contributed by atoms with Crippen LogP contribution < -0.4 is 0 Å². The Bertz CT molecular complexity index is 331. The molecule has 0 N–H and O–H groups in total. The normalized spacial score (nSPS) is 38.0. The van der Waals surface area contributed by atoms with E-state index in [0.717, 1.165) is 11.6 Å². The van der Waals surface area contributed by atoms with Crippen molar-refractivity contribution in [2.45, 2.75) is 119 Å². The first-order chi connectivity index (χ1) is 10.6. The molecular formula is C22H47P. The number of hydrogen-bond acceptors (Lipinski definition) is 0. The second-order valence-electron chi connectivity index (χ2n) is 8.90. The standard InChI is InChI=1S/C18H35P.2C2H6/c1-8-19-15-9-10-16(3,4)14(2)13-18(15,7)12-11-17(19,5)6;2*1-2/h14-15H,8-13H2,1-7H3;2*1-2H3. The van der Waals surface area contributed by atoms with Crippen LogP contribution in [0, 0.1) is 16.7 Å². The van der Waals surface area contributed by atoms with Crippen LogP contribution in [0.15, 0.2) is 0 Å². The fourth-order valence-electron chi connectivity index (χ4n) is 4.82. The maximum atomic E-state index is 2.63. The van der Waals surface area contributed by atoms with Crippen molar-refractivity contribution in [1.82, 2.24) is 0 Å². The van der Waals surface area contributed by atoms with Crippen molar-refractivity contribution in [3.63, 3.8) is 0 Å². The summed E-state index contributed by atoms with van der Waals surface area (Å²) in [6, 6.07) is 0. The van der Waals surface area contributed by atoms with Gasteiger partial charge in [0.15, 0.2) is 0 Å². The third-order valence-corrected chi connectivity index (χ3v) is 10.9. The second kappa shape index (κ2) is 9.22. The number of fused-ring (bicyclic) bond motifs is 1. The van der Waals surface area contributed by atoms with Gasteiger partial charge < -0.3 is 0 Å². The Hall–Kier alpha value is 0.430. The van der Waals surface area contributed by atoms with Crippen molar-refractivity contribution >= 4 is 7.92 Å². The van der Waals surface area contributed by atoms with E-state index in [2.05, 4.69) is 48.5 Å². The third kappa shape index (κ3) is 5.20. The van der Waals surface area contributed by atoms with E-state index in [4.69, 9.17) is 0 Å². The van der Waals surface area contributed by atoms with E-state index >= 15 is 0 Å². The predicted molar refractivity (Wildman–Crippen MR) is 112 cm³/mol. The molecule has 1 aliphatic heterocycles. The molecule has 2 aliphatic rings. The molecule has 0 aromatic carbocycles. The predicted octanol–water partition coefficient (Wildman–Crippen LogP) is 8.33. The van der Waals surface area contributed by atoms with Gasteiger partial charge in [-0.25, -0.2) is 0 Å². The molecule has 4 atom stereocenters. The molecule has 1 saturated carbocycles. The Morgan fingerprint density at radius 3 is 1.87 bits per heavy atom. The smallest absolute Gasteiger partial charge is 0.0148 e. The molecule has 0 aromatic heterocycles. The summed E-state index contributed by atoms with van der Waals surface area (Å²) < 4.78 is 0. The molecule has 23 heavy (non-hydrogen) atoms. The largest absolute Gasteiger partial charge is 0.0974 e. The van der Waals surface area contributed by atoms with Crippen LogP contribution >= 0.6 is 7.92 Å². The van der Waals surface area contributed by atoms with E-state index in [0.29, 0.717) is 16.0 Å². The highest BCUT2D eigenvalue weighted by atomic mass is 31.1. The van der Waals surface area contributed by atoms with Gasteiger partial charge in [-0.15, -0.1) is 0 Å². The highest BCUT2D eigenvalue weighted by molar-refractivity contribution is 7.60. The zero-order valence-electron chi connectivity index (χ0n) is 18.3. The van der Waals surface area contributed by atoms with Crippen LogP contribution in [-0.4, -0.2) is 17.0 Å². The Kier molecular flexibility index (Phi) is 9.39. The lowest BCUT2D eigenvalue weighted by Crippen LogP contribution is -2.42. The minimum Gasteiger partial charge on any atom is -0.0974 e. The molecule has 1 aliphatic carbocycles. The first kappa shape index (κ1) is 23.4. The summed E-state index contributed by atoms with van der Waals surface area (Å²) in [6.07, 6.45) is 8.80. The SMILES string of the molecule is CC.CC.CCP1C2CCC(C)(C)C(C)CC2(C)CCC1(C)C. The summed E-state index contributed by atoms with van der Waals surface area (Å²) in [5, 5.41) is 0.631. The quantitative estimate of drug-likeness (QED) is 0.420. The van der Waals surface area contributed by atoms with Crippen molar-refractivity contribution in [2.75, 3.05) is 6.16 Å². The van der Waals surface area contributed by atoms with Crippen LogP contribution in [0.2, 0.25) is 0 Å². The molecular weight excluding hydrogens is 295 g/mol. The van der Waals surface area contributed by atoms with Gasteiger partial charge in [0.05, 0.1) is 0 Å². The van der Waals surface area contributed by atoms with Gasteiger partial charge in [-0.1, -0.05) is 84.1 Å². The van der Waals surface area contributed by atoms with Gasteiger partial charge in [0.25, 0.3) is 0 Å². The molecule has 1 heterocycles. The fraction of sp³-hybridized carbons (Fsp3) is 1.00. The van der Waals surface area contributed by atoms with E-state index in [1.54, 1.807) is 0 Å².